The summed E-state index contributed by atoms with van der Waals surface area (Å²) in [5.41, 5.74) is 3.45. The molecule has 0 fully saturated rings. The van der Waals surface area contributed by atoms with Gasteiger partial charge in [-0.1, -0.05) is 30.3 Å². The van der Waals surface area contributed by atoms with Gasteiger partial charge in [-0.2, -0.15) is 0 Å². The normalized spacial score (nSPS) is 14.7. The maximum atomic E-state index is 12.8. The lowest BCUT2D eigenvalue weighted by atomic mass is 9.99. The van der Waals surface area contributed by atoms with E-state index in [1.165, 1.54) is 6.92 Å². The molecule has 0 saturated heterocycles. The van der Waals surface area contributed by atoms with Gasteiger partial charge in [0, 0.05) is 23.7 Å². The molecular weight excluding hydrogens is 318 g/mol. The van der Waals surface area contributed by atoms with Gasteiger partial charge in [0.05, 0.1) is 17.9 Å². The van der Waals surface area contributed by atoms with Crippen molar-refractivity contribution in [3.63, 3.8) is 0 Å². The third kappa shape index (κ3) is 3.19. The summed E-state index contributed by atoms with van der Waals surface area (Å²) < 4.78 is 5.84. The summed E-state index contributed by atoms with van der Waals surface area (Å²) in [4.78, 5) is 26.2. The molecule has 1 aliphatic rings. The van der Waals surface area contributed by atoms with E-state index in [-0.39, 0.29) is 17.2 Å². The van der Waals surface area contributed by atoms with Crippen LogP contribution in [0.5, 0.6) is 0 Å². The number of ether oxygens (including phenoxy) is 1. The molecule has 2 aromatic rings. The zero-order chi connectivity index (χ0) is 17.3. The van der Waals surface area contributed by atoms with Crippen LogP contribution in [0.1, 0.15) is 35.3 Å². The molecular formula is C20H21NO4. The van der Waals surface area contributed by atoms with Gasteiger partial charge in [0.15, 0.2) is 5.78 Å². The first-order chi connectivity index (χ1) is 11.5. The summed E-state index contributed by atoms with van der Waals surface area (Å²) in [6.45, 7) is 3.86. The Morgan fingerprint density at radius 1 is 1.08 bits per heavy atom. The molecule has 25 heavy (non-hydrogen) atoms. The lowest BCUT2D eigenvalue weighted by Crippen LogP contribution is -2.21. The number of fused-ring (bicyclic) bond motifs is 1. The fraction of sp³-hybridized carbons (Fsp3) is 0.200. The summed E-state index contributed by atoms with van der Waals surface area (Å²) in [7, 11) is 1.73. The van der Waals surface area contributed by atoms with E-state index in [9.17, 15) is 9.59 Å². The fourth-order valence-electron chi connectivity index (χ4n) is 2.89. The number of likely N-dealkylation sites (N-methyl/N-ethyl adjacent to an activating group) is 1. The van der Waals surface area contributed by atoms with Crippen LogP contribution in [0.2, 0.25) is 0 Å². The molecule has 0 atom stereocenters. The lowest BCUT2D eigenvalue weighted by Gasteiger charge is -2.12. The number of carbonyl (C=O) groups excluding carboxylic acids is 2. The van der Waals surface area contributed by atoms with Crippen molar-refractivity contribution in [1.82, 2.24) is 0 Å². The second-order valence-corrected chi connectivity index (χ2v) is 5.66. The molecule has 0 unspecified atom stereocenters. The maximum absolute atomic E-state index is 12.8. The van der Waals surface area contributed by atoms with Crippen molar-refractivity contribution in [2.75, 3.05) is 18.6 Å². The summed E-state index contributed by atoms with van der Waals surface area (Å²) >= 11 is 0. The summed E-state index contributed by atoms with van der Waals surface area (Å²) in [6.07, 6.45) is 0. The highest BCUT2D eigenvalue weighted by atomic mass is 16.5. The molecule has 5 heteroatoms. The number of benzene rings is 2. The highest BCUT2D eigenvalue weighted by molar-refractivity contribution is 6.37. The highest BCUT2D eigenvalue weighted by Gasteiger charge is 2.34. The van der Waals surface area contributed by atoms with Crippen molar-refractivity contribution in [2.45, 2.75) is 13.8 Å². The highest BCUT2D eigenvalue weighted by Crippen LogP contribution is 2.41. The molecule has 0 aliphatic carbocycles. The Kier molecular flexibility index (Phi) is 5.39. The van der Waals surface area contributed by atoms with Crippen LogP contribution in [0.4, 0.5) is 5.69 Å². The number of ketones is 1. The van der Waals surface area contributed by atoms with Gasteiger partial charge in [0.2, 0.25) is 0 Å². The Morgan fingerprint density at radius 2 is 1.76 bits per heavy atom. The minimum Gasteiger partial charge on any atom is -0.492 e. The smallest absolute Gasteiger partial charge is 0.262 e. The topological polar surface area (TPSA) is 78.1 Å². The molecule has 1 aliphatic heterocycles. The van der Waals surface area contributed by atoms with Crippen LogP contribution in [0, 0.1) is 0 Å². The molecule has 1 heterocycles. The Hall–Kier alpha value is -2.92. The molecule has 0 saturated carbocycles. The average molecular weight is 339 g/mol. The minimum absolute atomic E-state index is 0. The number of Topliss-reactive ketones (excluding diaryl/α,β-unsaturated/α-hetero) is 1. The Morgan fingerprint density at radius 3 is 2.36 bits per heavy atom. The van der Waals surface area contributed by atoms with Gasteiger partial charge in [-0.05, 0) is 32.0 Å². The van der Waals surface area contributed by atoms with Gasteiger partial charge >= 0.3 is 0 Å². The third-order valence-corrected chi connectivity index (χ3v) is 4.10. The Labute approximate surface area is 146 Å². The second kappa shape index (κ2) is 7.32. The first-order valence-corrected chi connectivity index (χ1v) is 7.90. The van der Waals surface area contributed by atoms with Crippen LogP contribution in [-0.2, 0) is 9.53 Å². The van der Waals surface area contributed by atoms with E-state index >= 15 is 0 Å². The van der Waals surface area contributed by atoms with Crippen molar-refractivity contribution in [3.05, 3.63) is 65.2 Å². The molecule has 0 bridgehead atoms. The van der Waals surface area contributed by atoms with Crippen LogP contribution in [0.3, 0.4) is 0 Å². The van der Waals surface area contributed by atoms with E-state index in [0.717, 1.165) is 16.8 Å². The molecule has 0 aromatic heterocycles. The van der Waals surface area contributed by atoms with E-state index in [1.54, 1.807) is 24.1 Å². The third-order valence-electron chi connectivity index (χ3n) is 4.10. The predicted molar refractivity (Wildman–Crippen MR) is 98.4 cm³/mol. The monoisotopic (exact) mass is 339 g/mol. The first-order valence-electron chi connectivity index (χ1n) is 7.90. The SMILES string of the molecule is CCO/C(=C1\C(=O)N(C)c2ccc(C(C)=O)cc21)c1ccccc1.O. The van der Waals surface area contributed by atoms with Gasteiger partial charge < -0.3 is 15.1 Å². The average Bonchev–Trinajstić information content (AvgIpc) is 2.84. The fourth-order valence-corrected chi connectivity index (χ4v) is 2.89. The van der Waals surface area contributed by atoms with Crippen LogP contribution in [0.25, 0.3) is 11.3 Å². The molecule has 0 spiro atoms. The first kappa shape index (κ1) is 18.4. The molecule has 130 valence electrons. The van der Waals surface area contributed by atoms with Gasteiger partial charge in [-0.3, -0.25) is 9.59 Å². The zero-order valence-electron chi connectivity index (χ0n) is 14.5. The largest absolute Gasteiger partial charge is 0.492 e. The summed E-state index contributed by atoms with van der Waals surface area (Å²) in [6, 6.07) is 14.9. The van der Waals surface area contributed by atoms with Gasteiger partial charge in [-0.25, -0.2) is 0 Å². The summed E-state index contributed by atoms with van der Waals surface area (Å²) in [5.74, 6) is 0.393. The lowest BCUT2D eigenvalue weighted by molar-refractivity contribution is -0.112. The van der Waals surface area contributed by atoms with E-state index in [2.05, 4.69) is 0 Å². The van der Waals surface area contributed by atoms with Gasteiger partial charge in [0.1, 0.15) is 5.76 Å². The number of rotatable bonds is 4. The number of anilines is 1. The van der Waals surface area contributed by atoms with Gasteiger partial charge in [-0.15, -0.1) is 0 Å². The van der Waals surface area contributed by atoms with Crippen LogP contribution >= 0.6 is 0 Å². The summed E-state index contributed by atoms with van der Waals surface area (Å²) in [5, 5.41) is 0. The number of carbonyl (C=O) groups is 2. The quantitative estimate of drug-likeness (QED) is 0.488. The number of amides is 1. The second-order valence-electron chi connectivity index (χ2n) is 5.66. The Bertz CT molecular complexity index is 840. The van der Waals surface area contributed by atoms with Gasteiger partial charge in [0.25, 0.3) is 5.91 Å². The number of nitrogens with zero attached hydrogens (tertiary/aromatic N) is 1. The van der Waals surface area contributed by atoms with E-state index in [1.807, 2.05) is 43.3 Å². The number of hydrogen-bond acceptors (Lipinski definition) is 3. The van der Waals surface area contributed by atoms with Crippen molar-refractivity contribution in [3.8, 4) is 0 Å². The molecule has 2 N–H and O–H groups in total. The Balaban J connectivity index is 0.00000225. The molecule has 5 nitrogen and oxygen atoms in total. The van der Waals surface area contributed by atoms with E-state index in [0.29, 0.717) is 23.5 Å². The predicted octanol–water partition coefficient (Wildman–Crippen LogP) is 2.95. The standard InChI is InChI=1S/C20H19NO3.H2O/c1-4-24-19(14-8-6-5-7-9-14)18-16-12-15(13(2)22)10-11-17(16)21(3)20(18)23;/h5-12H,4H2,1-3H3;1H2/b19-18-;. The van der Waals surface area contributed by atoms with Crippen LogP contribution < -0.4 is 4.90 Å². The van der Waals surface area contributed by atoms with E-state index in [4.69, 9.17) is 4.74 Å². The molecule has 1 amide bonds. The van der Waals surface area contributed by atoms with Crippen LogP contribution in [0.15, 0.2) is 48.5 Å². The molecule has 3 rings (SSSR count). The van der Waals surface area contributed by atoms with Crippen molar-refractivity contribution in [2.24, 2.45) is 0 Å². The molecule has 0 radical (unpaired) electrons. The number of hydrogen-bond donors (Lipinski definition) is 0. The van der Waals surface area contributed by atoms with Crippen molar-refractivity contribution < 1.29 is 19.8 Å². The minimum atomic E-state index is -0.127. The maximum Gasteiger partial charge on any atom is 0.262 e. The van der Waals surface area contributed by atoms with Crippen molar-refractivity contribution in [1.29, 1.82) is 0 Å². The van der Waals surface area contributed by atoms with E-state index < -0.39 is 0 Å². The van der Waals surface area contributed by atoms with Crippen molar-refractivity contribution >= 4 is 28.7 Å². The zero-order valence-corrected chi connectivity index (χ0v) is 14.5. The van der Waals surface area contributed by atoms with Crippen LogP contribution in [-0.4, -0.2) is 30.8 Å². The molecule has 2 aromatic carbocycles.